The Hall–Kier alpha value is -0.350. The zero-order valence-corrected chi connectivity index (χ0v) is 14.6. The molecule has 1 N–H and O–H groups in total. The molecule has 3 nitrogen and oxygen atoms in total. The Bertz CT molecular complexity index is 400. The molecule has 1 aromatic heterocycles. The first-order valence-electron chi connectivity index (χ1n) is 7.38. The number of nitrogens with one attached hydrogen (secondary N) is 1. The highest BCUT2D eigenvalue weighted by molar-refractivity contribution is 9.10. The summed E-state index contributed by atoms with van der Waals surface area (Å²) in [5.74, 6) is 0. The molecule has 0 spiro atoms. The first-order valence-corrected chi connectivity index (χ1v) is 8.17. The fraction of sp³-hybridized carbons (Fsp3) is 0.800. The summed E-state index contributed by atoms with van der Waals surface area (Å²) in [5.41, 5.74) is 2.79. The Labute approximate surface area is 126 Å². The van der Waals surface area contributed by atoms with Gasteiger partial charge in [-0.15, -0.1) is 0 Å². The van der Waals surface area contributed by atoms with E-state index in [0.29, 0.717) is 5.41 Å². The van der Waals surface area contributed by atoms with E-state index in [9.17, 15) is 0 Å². The summed E-state index contributed by atoms with van der Waals surface area (Å²) < 4.78 is 3.25. The molecule has 1 aromatic rings. The van der Waals surface area contributed by atoms with Crippen molar-refractivity contribution in [3.8, 4) is 0 Å². The van der Waals surface area contributed by atoms with Gasteiger partial charge in [-0.25, -0.2) is 0 Å². The number of rotatable bonds is 8. The maximum Gasteiger partial charge on any atom is 0.0766 e. The van der Waals surface area contributed by atoms with Crippen LogP contribution in [0.15, 0.2) is 4.47 Å². The van der Waals surface area contributed by atoms with Crippen molar-refractivity contribution in [2.45, 2.75) is 53.4 Å². The Balaban J connectivity index is 2.92. The smallest absolute Gasteiger partial charge is 0.0766 e. The molecular weight excluding hydrogens is 302 g/mol. The van der Waals surface area contributed by atoms with E-state index in [1.807, 2.05) is 4.68 Å². The lowest BCUT2D eigenvalue weighted by atomic mass is 9.81. The maximum absolute atomic E-state index is 4.60. The molecular formula is C15H28BrN3. The predicted molar refractivity (Wildman–Crippen MR) is 85.5 cm³/mol. The molecule has 0 radical (unpaired) electrons. The summed E-state index contributed by atoms with van der Waals surface area (Å²) in [5, 5.41) is 8.11. The highest BCUT2D eigenvalue weighted by Gasteiger charge is 2.27. The lowest BCUT2D eigenvalue weighted by molar-refractivity contribution is 0.271. The second kappa shape index (κ2) is 7.44. The molecule has 0 bridgehead atoms. The summed E-state index contributed by atoms with van der Waals surface area (Å²) in [6, 6.07) is 0. The molecule has 0 fully saturated rings. The number of aromatic nitrogens is 2. The predicted octanol–water partition coefficient (Wildman–Crippen LogP) is 3.70. The average Bonchev–Trinajstić information content (AvgIpc) is 2.64. The van der Waals surface area contributed by atoms with Crippen LogP contribution in [0.3, 0.4) is 0 Å². The van der Waals surface area contributed by atoms with Gasteiger partial charge in [-0.3, -0.25) is 4.68 Å². The van der Waals surface area contributed by atoms with Crippen molar-refractivity contribution in [2.75, 3.05) is 13.1 Å². The fourth-order valence-corrected chi connectivity index (χ4v) is 3.44. The minimum atomic E-state index is 0.298. The van der Waals surface area contributed by atoms with Gasteiger partial charge in [-0.1, -0.05) is 34.1 Å². The highest BCUT2D eigenvalue weighted by atomic mass is 79.9. The maximum atomic E-state index is 4.60. The van der Waals surface area contributed by atoms with Gasteiger partial charge in [0.15, 0.2) is 0 Å². The molecule has 1 atom stereocenters. The number of halogens is 1. The van der Waals surface area contributed by atoms with Gasteiger partial charge in [0.05, 0.1) is 15.9 Å². The molecule has 110 valence electrons. The summed E-state index contributed by atoms with van der Waals surface area (Å²) >= 11 is 3.73. The minimum Gasteiger partial charge on any atom is -0.316 e. The topological polar surface area (TPSA) is 29.9 Å². The number of hydrogen-bond acceptors (Lipinski definition) is 2. The SMILES string of the molecule is CCCC(C)(CNCC)Cc1c(Br)c(CC)nn1C. The molecule has 0 aliphatic carbocycles. The number of aryl methyl sites for hydroxylation is 2. The van der Waals surface area contributed by atoms with E-state index >= 15 is 0 Å². The van der Waals surface area contributed by atoms with E-state index in [1.165, 1.54) is 28.7 Å². The van der Waals surface area contributed by atoms with E-state index in [4.69, 9.17) is 0 Å². The molecule has 0 aliphatic heterocycles. The Morgan fingerprint density at radius 3 is 2.47 bits per heavy atom. The third-order valence-electron chi connectivity index (χ3n) is 3.75. The lowest BCUT2D eigenvalue weighted by Crippen LogP contribution is -2.34. The zero-order valence-electron chi connectivity index (χ0n) is 13.0. The Morgan fingerprint density at radius 2 is 2.00 bits per heavy atom. The van der Waals surface area contributed by atoms with E-state index in [1.54, 1.807) is 0 Å². The first-order chi connectivity index (χ1) is 8.97. The number of nitrogens with zero attached hydrogens (tertiary/aromatic N) is 2. The van der Waals surface area contributed by atoms with Crippen molar-refractivity contribution in [1.29, 1.82) is 0 Å². The minimum absolute atomic E-state index is 0.298. The van der Waals surface area contributed by atoms with Gasteiger partial charge >= 0.3 is 0 Å². The third-order valence-corrected chi connectivity index (χ3v) is 4.67. The van der Waals surface area contributed by atoms with Gasteiger partial charge in [0.2, 0.25) is 0 Å². The van der Waals surface area contributed by atoms with E-state index in [0.717, 1.165) is 25.9 Å². The van der Waals surface area contributed by atoms with Crippen LogP contribution in [-0.4, -0.2) is 22.9 Å². The summed E-state index contributed by atoms with van der Waals surface area (Å²) in [6.07, 6.45) is 4.50. The molecule has 0 amide bonds. The summed E-state index contributed by atoms with van der Waals surface area (Å²) in [7, 11) is 2.05. The van der Waals surface area contributed by atoms with Crippen LogP contribution in [0, 0.1) is 5.41 Å². The van der Waals surface area contributed by atoms with Crippen LogP contribution in [0.5, 0.6) is 0 Å². The van der Waals surface area contributed by atoms with E-state index in [2.05, 4.69) is 61.1 Å². The van der Waals surface area contributed by atoms with Crippen LogP contribution in [0.25, 0.3) is 0 Å². The van der Waals surface area contributed by atoms with Crippen molar-refractivity contribution in [1.82, 2.24) is 15.1 Å². The molecule has 0 saturated heterocycles. The summed E-state index contributed by atoms with van der Waals surface area (Å²) in [4.78, 5) is 0. The van der Waals surface area contributed by atoms with Crippen molar-refractivity contribution < 1.29 is 0 Å². The molecule has 1 unspecified atom stereocenters. The number of hydrogen-bond donors (Lipinski definition) is 1. The highest BCUT2D eigenvalue weighted by Crippen LogP contribution is 2.32. The van der Waals surface area contributed by atoms with Gasteiger partial charge in [-0.2, -0.15) is 5.10 Å². The van der Waals surface area contributed by atoms with Crippen molar-refractivity contribution in [2.24, 2.45) is 12.5 Å². The second-order valence-corrected chi connectivity index (χ2v) is 6.50. The fourth-order valence-electron chi connectivity index (χ4n) is 2.69. The van der Waals surface area contributed by atoms with Gasteiger partial charge < -0.3 is 5.32 Å². The van der Waals surface area contributed by atoms with Crippen LogP contribution < -0.4 is 5.32 Å². The average molecular weight is 330 g/mol. The molecule has 4 heteroatoms. The third kappa shape index (κ3) is 4.32. The summed E-state index contributed by atoms with van der Waals surface area (Å²) in [6.45, 7) is 11.1. The second-order valence-electron chi connectivity index (χ2n) is 5.70. The van der Waals surface area contributed by atoms with Crippen molar-refractivity contribution >= 4 is 15.9 Å². The van der Waals surface area contributed by atoms with Crippen molar-refractivity contribution in [3.63, 3.8) is 0 Å². The van der Waals surface area contributed by atoms with E-state index < -0.39 is 0 Å². The van der Waals surface area contributed by atoms with Crippen molar-refractivity contribution in [3.05, 3.63) is 15.9 Å². The van der Waals surface area contributed by atoms with Crippen LogP contribution in [0.2, 0.25) is 0 Å². The molecule has 0 aromatic carbocycles. The lowest BCUT2D eigenvalue weighted by Gasteiger charge is -2.30. The van der Waals surface area contributed by atoms with Gasteiger partial charge in [-0.05, 0) is 47.2 Å². The van der Waals surface area contributed by atoms with Gasteiger partial charge in [0.1, 0.15) is 0 Å². The first kappa shape index (κ1) is 16.7. The quantitative estimate of drug-likeness (QED) is 0.788. The Morgan fingerprint density at radius 1 is 1.32 bits per heavy atom. The van der Waals surface area contributed by atoms with Crippen LogP contribution >= 0.6 is 15.9 Å². The van der Waals surface area contributed by atoms with Crippen LogP contribution in [0.1, 0.15) is 51.9 Å². The Kier molecular flexibility index (Phi) is 6.54. The van der Waals surface area contributed by atoms with Crippen LogP contribution in [0.4, 0.5) is 0 Å². The standard InChI is InChI=1S/C15H28BrN3/c1-6-9-15(4,11-17-8-3)10-13-14(16)12(7-2)18-19(13)5/h17H,6-11H2,1-5H3. The largest absolute Gasteiger partial charge is 0.316 e. The van der Waals surface area contributed by atoms with Gasteiger partial charge in [0, 0.05) is 13.6 Å². The molecule has 1 rings (SSSR count). The zero-order chi connectivity index (χ0) is 14.5. The normalized spacial score (nSPS) is 14.6. The monoisotopic (exact) mass is 329 g/mol. The molecule has 1 heterocycles. The van der Waals surface area contributed by atoms with Crippen LogP contribution in [-0.2, 0) is 19.9 Å². The molecule has 0 aliphatic rings. The molecule has 19 heavy (non-hydrogen) atoms. The molecule has 0 saturated carbocycles. The van der Waals surface area contributed by atoms with E-state index in [-0.39, 0.29) is 0 Å². The van der Waals surface area contributed by atoms with Gasteiger partial charge in [0.25, 0.3) is 0 Å².